The Bertz CT molecular complexity index is 1590. The van der Waals surface area contributed by atoms with Crippen LogP contribution >= 0.6 is 0 Å². The van der Waals surface area contributed by atoms with Gasteiger partial charge in [0.15, 0.2) is 17.3 Å². The maximum atomic E-state index is 13.8. The minimum atomic E-state index is -0.198. The number of rotatable bonds is 6. The third-order valence-electron chi connectivity index (χ3n) is 10.3. The number of methoxy groups -OCH3 is 1. The number of hydrogen-bond acceptors (Lipinski definition) is 6. The molecule has 0 radical (unpaired) electrons. The Morgan fingerprint density at radius 2 is 1.98 bits per heavy atom. The van der Waals surface area contributed by atoms with Crippen molar-refractivity contribution in [2.24, 2.45) is 11.3 Å². The molecule has 1 aromatic heterocycles. The molecular formula is C33H35N3O5. The van der Waals surface area contributed by atoms with Gasteiger partial charge in [0.2, 0.25) is 0 Å². The van der Waals surface area contributed by atoms with E-state index in [-0.39, 0.29) is 17.1 Å². The number of piperidine rings is 2. The van der Waals surface area contributed by atoms with Crippen molar-refractivity contribution in [2.75, 3.05) is 53.1 Å². The summed E-state index contributed by atoms with van der Waals surface area (Å²) in [6, 6.07) is 13.6. The third-order valence-corrected chi connectivity index (χ3v) is 10.3. The van der Waals surface area contributed by atoms with Crippen molar-refractivity contribution in [1.29, 1.82) is 0 Å². The zero-order valence-corrected chi connectivity index (χ0v) is 23.4. The number of nitrogens with one attached hydrogen (secondary N) is 1. The molecule has 8 nitrogen and oxygen atoms in total. The number of allylic oxidation sites excluding steroid dienone is 2. The number of amides is 1. The maximum Gasteiger partial charge on any atom is 0.274 e. The van der Waals surface area contributed by atoms with Crippen LogP contribution in [-0.2, 0) is 10.2 Å². The van der Waals surface area contributed by atoms with E-state index in [2.05, 4.69) is 16.0 Å². The summed E-state index contributed by atoms with van der Waals surface area (Å²) in [7, 11) is 1.64. The first-order chi connectivity index (χ1) is 20.0. The predicted octanol–water partition coefficient (Wildman–Crippen LogP) is 4.55. The Balaban J connectivity index is 0.981. The molecule has 3 aromatic rings. The van der Waals surface area contributed by atoms with E-state index in [0.717, 1.165) is 67.0 Å². The highest BCUT2D eigenvalue weighted by Gasteiger charge is 2.67. The highest BCUT2D eigenvalue weighted by molar-refractivity contribution is 6.10. The standard InChI is InChI=1S/C33H35N3O5/c1-39-28-16-25-21(15-29(28)41-13-11-35-9-6-32(7-10-35)8-12-40-20-32)14-26(34-25)31(38)36-19-22-18-33(22)24-5-3-2-4-23(24)27(37)17-30(33)36/h2-5,14-17,22,34H,6-13,18-20H2,1H3. The average molecular weight is 554 g/mol. The second-order valence-corrected chi connectivity index (χ2v) is 12.5. The number of aromatic amines is 1. The summed E-state index contributed by atoms with van der Waals surface area (Å²) in [5.41, 5.74) is 4.21. The first kappa shape index (κ1) is 25.1. The number of benzene rings is 2. The number of H-pyrrole nitrogens is 1. The number of nitrogens with zero attached hydrogens (tertiary/aromatic N) is 2. The summed E-state index contributed by atoms with van der Waals surface area (Å²) in [5.74, 6) is 1.54. The fourth-order valence-corrected chi connectivity index (χ4v) is 7.83. The minimum Gasteiger partial charge on any atom is -0.493 e. The number of ketones is 1. The van der Waals surface area contributed by atoms with Crippen molar-refractivity contribution in [2.45, 2.75) is 31.1 Å². The van der Waals surface area contributed by atoms with Crippen LogP contribution in [0.4, 0.5) is 0 Å². The van der Waals surface area contributed by atoms with E-state index in [9.17, 15) is 9.59 Å². The van der Waals surface area contributed by atoms with Gasteiger partial charge in [-0.1, -0.05) is 24.3 Å². The second kappa shape index (κ2) is 9.19. The van der Waals surface area contributed by atoms with E-state index >= 15 is 0 Å². The van der Waals surface area contributed by atoms with Crippen LogP contribution in [0.5, 0.6) is 11.5 Å². The lowest BCUT2D eigenvalue weighted by Gasteiger charge is -2.38. The molecule has 2 unspecified atom stereocenters. The van der Waals surface area contributed by atoms with Gasteiger partial charge in [-0.15, -0.1) is 0 Å². The van der Waals surface area contributed by atoms with Crippen LogP contribution in [-0.4, -0.2) is 79.6 Å². The zero-order valence-electron chi connectivity index (χ0n) is 23.4. The summed E-state index contributed by atoms with van der Waals surface area (Å²) in [4.78, 5) is 34.3. The molecule has 4 fully saturated rings. The fraction of sp³-hybridized carbons (Fsp3) is 0.455. The number of aromatic nitrogens is 1. The number of fused-ring (bicyclic) bond motifs is 2. The Morgan fingerprint density at radius 1 is 1.12 bits per heavy atom. The molecule has 8 heteroatoms. The first-order valence-electron chi connectivity index (χ1n) is 14.8. The van der Waals surface area contributed by atoms with Crippen LogP contribution in [0.15, 0.2) is 54.2 Å². The predicted molar refractivity (Wildman–Crippen MR) is 154 cm³/mol. The second-order valence-electron chi connectivity index (χ2n) is 12.5. The normalized spacial score (nSPS) is 26.1. The van der Waals surface area contributed by atoms with Crippen LogP contribution in [0.25, 0.3) is 10.9 Å². The van der Waals surface area contributed by atoms with Gasteiger partial charge in [-0.05, 0) is 67.8 Å². The summed E-state index contributed by atoms with van der Waals surface area (Å²) < 4.78 is 17.5. The molecule has 1 saturated carbocycles. The van der Waals surface area contributed by atoms with Gasteiger partial charge in [0.1, 0.15) is 12.3 Å². The van der Waals surface area contributed by atoms with Gasteiger partial charge in [-0.25, -0.2) is 0 Å². The van der Waals surface area contributed by atoms with E-state index in [0.29, 0.717) is 41.7 Å². The van der Waals surface area contributed by atoms with Gasteiger partial charge >= 0.3 is 0 Å². The summed E-state index contributed by atoms with van der Waals surface area (Å²) in [5, 5.41) is 0.892. The molecule has 5 aliphatic rings. The maximum absolute atomic E-state index is 13.8. The number of carbonyl (C=O) groups excluding carboxylic acids is 2. The number of ether oxygens (including phenoxy) is 3. The Morgan fingerprint density at radius 3 is 2.78 bits per heavy atom. The quantitative estimate of drug-likeness (QED) is 0.482. The molecule has 8 rings (SSSR count). The Labute approximate surface area is 239 Å². The Hall–Kier alpha value is -3.62. The number of likely N-dealkylation sites (tertiary alicyclic amines) is 2. The highest BCUT2D eigenvalue weighted by atomic mass is 16.5. The molecule has 4 heterocycles. The zero-order chi connectivity index (χ0) is 27.8. The molecule has 2 spiro atoms. The molecule has 1 N–H and O–H groups in total. The highest BCUT2D eigenvalue weighted by Crippen LogP contribution is 2.66. The molecule has 41 heavy (non-hydrogen) atoms. The van der Waals surface area contributed by atoms with E-state index in [1.165, 1.54) is 19.3 Å². The summed E-state index contributed by atoms with van der Waals surface area (Å²) in [6.45, 7) is 6.05. The smallest absolute Gasteiger partial charge is 0.274 e. The van der Waals surface area contributed by atoms with Gasteiger partial charge in [0.05, 0.1) is 13.7 Å². The van der Waals surface area contributed by atoms with Crippen LogP contribution in [0.1, 0.15) is 52.1 Å². The van der Waals surface area contributed by atoms with Crippen molar-refractivity contribution >= 4 is 22.6 Å². The van der Waals surface area contributed by atoms with Gasteiger partial charge in [0, 0.05) is 59.4 Å². The molecule has 0 bridgehead atoms. The van der Waals surface area contributed by atoms with Crippen LogP contribution in [0, 0.1) is 11.3 Å². The lowest BCUT2D eigenvalue weighted by Crippen LogP contribution is -2.42. The third kappa shape index (κ3) is 3.87. The molecule has 2 atom stereocenters. The average Bonchev–Trinajstić information content (AvgIpc) is 3.28. The molecule has 1 amide bonds. The van der Waals surface area contributed by atoms with Crippen molar-refractivity contribution < 1.29 is 23.8 Å². The summed E-state index contributed by atoms with van der Waals surface area (Å²) in [6.07, 6.45) is 6.26. The van der Waals surface area contributed by atoms with E-state index in [1.54, 1.807) is 13.2 Å². The molecule has 2 aromatic carbocycles. The van der Waals surface area contributed by atoms with E-state index in [4.69, 9.17) is 14.2 Å². The van der Waals surface area contributed by atoms with Crippen molar-refractivity contribution in [3.8, 4) is 11.5 Å². The Kier molecular flexibility index (Phi) is 5.63. The van der Waals surface area contributed by atoms with Gasteiger partial charge in [0.25, 0.3) is 5.91 Å². The van der Waals surface area contributed by atoms with E-state index in [1.807, 2.05) is 41.3 Å². The lowest BCUT2D eigenvalue weighted by molar-refractivity contribution is 0.0735. The van der Waals surface area contributed by atoms with Crippen LogP contribution in [0.3, 0.4) is 0 Å². The monoisotopic (exact) mass is 553 g/mol. The van der Waals surface area contributed by atoms with Gasteiger partial charge < -0.3 is 24.1 Å². The molecule has 2 aliphatic carbocycles. The van der Waals surface area contributed by atoms with E-state index < -0.39 is 0 Å². The minimum absolute atomic E-state index is 0.0219. The molecular weight excluding hydrogens is 518 g/mol. The van der Waals surface area contributed by atoms with Crippen LogP contribution < -0.4 is 9.47 Å². The lowest BCUT2D eigenvalue weighted by atomic mass is 9.78. The van der Waals surface area contributed by atoms with Crippen molar-refractivity contribution in [3.63, 3.8) is 0 Å². The topological polar surface area (TPSA) is 84.1 Å². The number of hydrogen-bond donors (Lipinski definition) is 1. The number of carbonyl (C=O) groups is 2. The van der Waals surface area contributed by atoms with Crippen LogP contribution in [0.2, 0.25) is 0 Å². The first-order valence-corrected chi connectivity index (χ1v) is 14.8. The van der Waals surface area contributed by atoms with Crippen molar-refractivity contribution in [1.82, 2.24) is 14.8 Å². The molecule has 3 aliphatic heterocycles. The van der Waals surface area contributed by atoms with Crippen molar-refractivity contribution in [3.05, 3.63) is 71.1 Å². The SMILES string of the molecule is COc1cc2[nH]c(C(=O)N3CC4CC45C3=CC(=O)c3ccccc35)cc2cc1OCCN1CCC2(CCOC2)CC1. The van der Waals surface area contributed by atoms with Gasteiger partial charge in [-0.3, -0.25) is 14.5 Å². The largest absolute Gasteiger partial charge is 0.493 e. The summed E-state index contributed by atoms with van der Waals surface area (Å²) >= 11 is 0. The van der Waals surface area contributed by atoms with Gasteiger partial charge in [-0.2, -0.15) is 0 Å². The molecule has 212 valence electrons. The molecule has 3 saturated heterocycles. The fourth-order valence-electron chi connectivity index (χ4n) is 7.83.